The molecule has 2 aromatic heterocycles. The molecule has 1 aliphatic rings. The fourth-order valence-electron chi connectivity index (χ4n) is 2.43. The summed E-state index contributed by atoms with van der Waals surface area (Å²) in [5, 5.41) is 0. The molecule has 18 heavy (non-hydrogen) atoms. The van der Waals surface area contributed by atoms with Crippen molar-refractivity contribution in [3.05, 3.63) is 12.2 Å². The van der Waals surface area contributed by atoms with E-state index in [0.29, 0.717) is 5.82 Å². The minimum atomic E-state index is 0.517. The molecular weight excluding hydrogens is 230 g/mol. The Morgan fingerprint density at radius 3 is 3.06 bits per heavy atom. The number of imidazole rings is 1. The van der Waals surface area contributed by atoms with Gasteiger partial charge in [0.05, 0.1) is 0 Å². The van der Waals surface area contributed by atoms with E-state index in [1.807, 2.05) is 0 Å². The van der Waals surface area contributed by atoms with Gasteiger partial charge in [0.2, 0.25) is 11.3 Å². The van der Waals surface area contributed by atoms with Gasteiger partial charge in [-0.3, -0.25) is 4.98 Å². The number of hydrogen-bond donors (Lipinski definition) is 2. The lowest BCUT2D eigenvalue weighted by molar-refractivity contribution is -0.347. The van der Waals surface area contributed by atoms with Crippen LogP contribution in [0, 0.1) is 5.92 Å². The van der Waals surface area contributed by atoms with E-state index in [-0.39, 0.29) is 0 Å². The minimum absolute atomic E-state index is 0.517. The molecule has 0 atom stereocenters. The first-order valence-corrected chi connectivity index (χ1v) is 6.42. The number of ether oxygens (including phenoxy) is 1. The quantitative estimate of drug-likeness (QED) is 0.837. The summed E-state index contributed by atoms with van der Waals surface area (Å²) in [4.78, 5) is 14.8. The third-order valence-electron chi connectivity index (χ3n) is 3.53. The maximum Gasteiger partial charge on any atom is 0.305 e. The topological polar surface area (TPSA) is 91.0 Å². The molecule has 1 fully saturated rings. The Hall–Kier alpha value is -1.69. The lowest BCUT2D eigenvalue weighted by Gasteiger charge is -2.21. The van der Waals surface area contributed by atoms with Gasteiger partial charge in [0.1, 0.15) is 0 Å². The first-order valence-electron chi connectivity index (χ1n) is 6.42. The number of nitrogens with two attached hydrogens (primary N) is 1. The molecule has 0 aromatic carbocycles. The predicted octanol–water partition coefficient (Wildman–Crippen LogP) is 0.713. The molecular formula is C12H18N5O+. The van der Waals surface area contributed by atoms with Gasteiger partial charge in [-0.05, 0) is 25.2 Å². The number of nitrogens with zero attached hydrogens (tertiary/aromatic N) is 2. The van der Waals surface area contributed by atoms with E-state index in [4.69, 9.17) is 10.5 Å². The summed E-state index contributed by atoms with van der Waals surface area (Å²) in [5.41, 5.74) is 7.45. The molecule has 0 radical (unpaired) electrons. The van der Waals surface area contributed by atoms with Crippen molar-refractivity contribution in [3.8, 4) is 0 Å². The number of aryl methyl sites for hydroxylation is 1. The highest BCUT2D eigenvalue weighted by Crippen LogP contribution is 2.20. The Labute approximate surface area is 105 Å². The van der Waals surface area contributed by atoms with E-state index in [2.05, 4.69) is 19.9 Å². The van der Waals surface area contributed by atoms with Crippen molar-refractivity contribution < 1.29 is 9.72 Å². The van der Waals surface area contributed by atoms with E-state index >= 15 is 0 Å². The molecule has 6 nitrogen and oxygen atoms in total. The molecule has 2 aromatic rings. The van der Waals surface area contributed by atoms with Gasteiger partial charge >= 0.3 is 5.65 Å². The monoisotopic (exact) mass is 248 g/mol. The average molecular weight is 248 g/mol. The second kappa shape index (κ2) is 4.89. The van der Waals surface area contributed by atoms with Crippen molar-refractivity contribution in [2.24, 2.45) is 5.92 Å². The van der Waals surface area contributed by atoms with Crippen LogP contribution in [0.1, 0.15) is 25.1 Å². The van der Waals surface area contributed by atoms with Crippen LogP contribution in [-0.4, -0.2) is 28.2 Å². The lowest BCUT2D eigenvalue weighted by Crippen LogP contribution is -2.16. The van der Waals surface area contributed by atoms with Crippen molar-refractivity contribution in [3.63, 3.8) is 0 Å². The number of aromatic nitrogens is 4. The maximum absolute atomic E-state index is 5.89. The van der Waals surface area contributed by atoms with Crippen molar-refractivity contribution in [2.45, 2.75) is 25.7 Å². The Bertz CT molecular complexity index is 532. The number of H-pyrrole nitrogens is 2. The zero-order chi connectivity index (χ0) is 12.4. The van der Waals surface area contributed by atoms with Gasteiger partial charge in [0, 0.05) is 19.6 Å². The summed E-state index contributed by atoms with van der Waals surface area (Å²) in [6.45, 7) is 1.77. The Balaban J connectivity index is 1.70. The molecule has 0 bridgehead atoms. The number of aromatic amines is 2. The van der Waals surface area contributed by atoms with Crippen LogP contribution in [0.25, 0.3) is 11.2 Å². The van der Waals surface area contributed by atoms with Gasteiger partial charge in [-0.15, -0.1) is 0 Å². The molecule has 3 heterocycles. The van der Waals surface area contributed by atoms with E-state index in [0.717, 1.165) is 61.8 Å². The maximum atomic E-state index is 5.89. The van der Waals surface area contributed by atoms with Gasteiger partial charge in [-0.25, -0.2) is 4.98 Å². The van der Waals surface area contributed by atoms with Crippen LogP contribution in [0.15, 0.2) is 6.33 Å². The van der Waals surface area contributed by atoms with Crippen LogP contribution in [0.3, 0.4) is 0 Å². The van der Waals surface area contributed by atoms with Crippen LogP contribution in [0.4, 0.5) is 5.82 Å². The van der Waals surface area contributed by atoms with E-state index < -0.39 is 0 Å². The highest BCUT2D eigenvalue weighted by Gasteiger charge is 2.17. The Kier molecular flexibility index (Phi) is 3.10. The van der Waals surface area contributed by atoms with E-state index in [1.54, 1.807) is 6.33 Å². The van der Waals surface area contributed by atoms with Crippen molar-refractivity contribution >= 4 is 17.0 Å². The summed E-state index contributed by atoms with van der Waals surface area (Å²) in [7, 11) is 0. The normalized spacial score (nSPS) is 17.3. The molecule has 1 saturated heterocycles. The largest absolute Gasteiger partial charge is 0.381 e. The third-order valence-corrected chi connectivity index (χ3v) is 3.53. The second-order valence-corrected chi connectivity index (χ2v) is 4.78. The number of nitrogens with one attached hydrogen (secondary N) is 2. The van der Waals surface area contributed by atoms with Gasteiger partial charge in [-0.2, -0.15) is 4.98 Å². The fraction of sp³-hybridized carbons (Fsp3) is 0.583. The SMILES string of the molecule is Nc1nc(CCC2CCOCC2)nc2[nH+]c[nH]c12. The standard InChI is InChI=1S/C12H17N5O/c13-11-10-12(15-7-14-10)17-9(16-11)2-1-8-3-5-18-6-4-8/h7-8H,1-6H2,(H3,13,14,15,16,17)/p+1. The summed E-state index contributed by atoms with van der Waals surface area (Å²) in [6, 6.07) is 0. The van der Waals surface area contributed by atoms with Gasteiger partial charge in [0.15, 0.2) is 12.1 Å². The van der Waals surface area contributed by atoms with Crippen LogP contribution in [0.2, 0.25) is 0 Å². The van der Waals surface area contributed by atoms with Crippen LogP contribution >= 0.6 is 0 Å². The number of rotatable bonds is 3. The molecule has 0 saturated carbocycles. The molecule has 0 aliphatic carbocycles. The molecule has 4 N–H and O–H groups in total. The summed E-state index contributed by atoms with van der Waals surface area (Å²) in [5.74, 6) is 2.07. The highest BCUT2D eigenvalue weighted by atomic mass is 16.5. The number of nitrogen functional groups attached to an aromatic ring is 1. The Morgan fingerprint density at radius 2 is 2.22 bits per heavy atom. The van der Waals surface area contributed by atoms with Crippen LogP contribution in [0.5, 0.6) is 0 Å². The molecule has 0 spiro atoms. The zero-order valence-corrected chi connectivity index (χ0v) is 10.3. The molecule has 3 rings (SSSR count). The summed E-state index contributed by atoms with van der Waals surface area (Å²) < 4.78 is 5.36. The van der Waals surface area contributed by atoms with Crippen LogP contribution in [-0.2, 0) is 11.2 Å². The second-order valence-electron chi connectivity index (χ2n) is 4.78. The van der Waals surface area contributed by atoms with Crippen LogP contribution < -0.4 is 10.7 Å². The summed E-state index contributed by atoms with van der Waals surface area (Å²) >= 11 is 0. The van der Waals surface area contributed by atoms with E-state index in [9.17, 15) is 0 Å². The highest BCUT2D eigenvalue weighted by molar-refractivity contribution is 5.78. The first-order chi connectivity index (χ1) is 8.83. The van der Waals surface area contributed by atoms with E-state index in [1.165, 1.54) is 0 Å². The average Bonchev–Trinajstić information content (AvgIpc) is 2.86. The number of hydrogen-bond acceptors (Lipinski definition) is 4. The lowest BCUT2D eigenvalue weighted by atomic mass is 9.95. The number of anilines is 1. The summed E-state index contributed by atoms with van der Waals surface area (Å²) in [6.07, 6.45) is 6.00. The number of fused-ring (bicyclic) bond motifs is 1. The fourth-order valence-corrected chi connectivity index (χ4v) is 2.43. The van der Waals surface area contributed by atoms with Gasteiger partial charge in [-0.1, -0.05) is 4.98 Å². The van der Waals surface area contributed by atoms with Crippen molar-refractivity contribution in [1.29, 1.82) is 0 Å². The third kappa shape index (κ3) is 2.28. The van der Waals surface area contributed by atoms with Crippen molar-refractivity contribution in [2.75, 3.05) is 18.9 Å². The zero-order valence-electron chi connectivity index (χ0n) is 10.3. The molecule has 96 valence electrons. The molecule has 0 unspecified atom stereocenters. The molecule has 0 amide bonds. The molecule has 1 aliphatic heterocycles. The minimum Gasteiger partial charge on any atom is -0.381 e. The smallest absolute Gasteiger partial charge is 0.305 e. The first kappa shape index (κ1) is 11.4. The van der Waals surface area contributed by atoms with Gasteiger partial charge < -0.3 is 10.5 Å². The van der Waals surface area contributed by atoms with Crippen molar-refractivity contribution in [1.82, 2.24) is 15.0 Å². The Morgan fingerprint density at radius 1 is 1.39 bits per heavy atom. The predicted molar refractivity (Wildman–Crippen MR) is 66.7 cm³/mol. The molecule has 6 heteroatoms. The van der Waals surface area contributed by atoms with Gasteiger partial charge in [0.25, 0.3) is 0 Å².